The number of amides is 1. The van der Waals surface area contributed by atoms with Crippen LogP contribution in [0.5, 0.6) is 0 Å². The van der Waals surface area contributed by atoms with Crippen LogP contribution < -0.4 is 5.32 Å². The van der Waals surface area contributed by atoms with Gasteiger partial charge in [-0.1, -0.05) is 0 Å². The lowest BCUT2D eigenvalue weighted by atomic mass is 10.1. The van der Waals surface area contributed by atoms with Gasteiger partial charge in [0.15, 0.2) is 0 Å². The van der Waals surface area contributed by atoms with Gasteiger partial charge in [0, 0.05) is 14.0 Å². The second-order valence-corrected chi connectivity index (χ2v) is 2.85. The zero-order valence-electron chi connectivity index (χ0n) is 8.03. The molecule has 0 aliphatic rings. The zero-order chi connectivity index (χ0) is 10.4. The van der Waals surface area contributed by atoms with E-state index in [0.717, 1.165) is 0 Å². The molecule has 2 N–H and O–H groups in total. The Kier molecular flexibility index (Phi) is 5.06. The van der Waals surface area contributed by atoms with Gasteiger partial charge >= 0.3 is 5.97 Å². The molecule has 0 unspecified atom stereocenters. The molecule has 0 aromatic rings. The van der Waals surface area contributed by atoms with Crippen LogP contribution in [0, 0.1) is 0 Å². The Morgan fingerprint density at radius 2 is 2.08 bits per heavy atom. The van der Waals surface area contributed by atoms with Crippen LogP contribution in [0.1, 0.15) is 20.3 Å². The molecule has 0 bridgehead atoms. The third-order valence-corrected chi connectivity index (χ3v) is 1.72. The fraction of sp³-hybridized carbons (Fsp3) is 0.750. The average molecular weight is 189 g/mol. The van der Waals surface area contributed by atoms with Crippen molar-refractivity contribution in [2.24, 2.45) is 0 Å². The third-order valence-electron chi connectivity index (χ3n) is 1.72. The van der Waals surface area contributed by atoms with Crippen LogP contribution in [-0.2, 0) is 14.3 Å². The summed E-state index contributed by atoms with van der Waals surface area (Å²) in [5, 5.41) is 11.1. The SMILES string of the molecule is CO[C@H](C)[C@@H](CC(=O)O)NC(C)=O. The number of rotatable bonds is 5. The Morgan fingerprint density at radius 3 is 2.38 bits per heavy atom. The molecule has 0 fully saturated rings. The Labute approximate surface area is 77.1 Å². The number of hydrogen-bond donors (Lipinski definition) is 2. The van der Waals surface area contributed by atoms with Crippen LogP contribution in [-0.4, -0.2) is 36.2 Å². The molecule has 5 nitrogen and oxygen atoms in total. The summed E-state index contributed by atoms with van der Waals surface area (Å²) in [6, 6.07) is -0.472. The molecule has 0 aromatic carbocycles. The maximum Gasteiger partial charge on any atom is 0.305 e. The summed E-state index contributed by atoms with van der Waals surface area (Å²) in [4.78, 5) is 21.1. The lowest BCUT2D eigenvalue weighted by Crippen LogP contribution is -2.43. The minimum Gasteiger partial charge on any atom is -0.481 e. The molecule has 76 valence electrons. The highest BCUT2D eigenvalue weighted by molar-refractivity contribution is 5.75. The lowest BCUT2D eigenvalue weighted by Gasteiger charge is -2.21. The maximum atomic E-state index is 10.7. The molecule has 1 amide bonds. The molecule has 0 aromatic heterocycles. The van der Waals surface area contributed by atoms with E-state index in [-0.39, 0.29) is 18.4 Å². The topological polar surface area (TPSA) is 75.6 Å². The van der Waals surface area contributed by atoms with Crippen molar-refractivity contribution in [2.45, 2.75) is 32.4 Å². The van der Waals surface area contributed by atoms with Gasteiger partial charge in [-0.15, -0.1) is 0 Å². The number of carboxylic acids is 1. The molecule has 0 radical (unpaired) electrons. The van der Waals surface area contributed by atoms with Crippen LogP contribution >= 0.6 is 0 Å². The van der Waals surface area contributed by atoms with Crippen molar-refractivity contribution >= 4 is 11.9 Å². The van der Waals surface area contributed by atoms with E-state index < -0.39 is 12.0 Å². The second-order valence-electron chi connectivity index (χ2n) is 2.85. The predicted molar refractivity (Wildman–Crippen MR) is 46.3 cm³/mol. The van der Waals surface area contributed by atoms with Crippen LogP contribution in [0.3, 0.4) is 0 Å². The van der Waals surface area contributed by atoms with E-state index in [1.807, 2.05) is 0 Å². The molecule has 0 heterocycles. The molecule has 0 spiro atoms. The predicted octanol–water partition coefficient (Wildman–Crippen LogP) is 0.000700. The number of hydrogen-bond acceptors (Lipinski definition) is 3. The van der Waals surface area contributed by atoms with E-state index in [4.69, 9.17) is 9.84 Å². The van der Waals surface area contributed by atoms with Crippen molar-refractivity contribution in [1.29, 1.82) is 0 Å². The van der Waals surface area contributed by atoms with Gasteiger partial charge in [0.2, 0.25) is 5.91 Å². The van der Waals surface area contributed by atoms with E-state index in [2.05, 4.69) is 5.32 Å². The summed E-state index contributed by atoms with van der Waals surface area (Å²) in [5.74, 6) is -1.21. The van der Waals surface area contributed by atoms with Gasteiger partial charge in [-0.3, -0.25) is 9.59 Å². The highest BCUT2D eigenvalue weighted by atomic mass is 16.5. The highest BCUT2D eigenvalue weighted by Gasteiger charge is 2.20. The number of nitrogens with one attached hydrogen (secondary N) is 1. The summed E-state index contributed by atoms with van der Waals surface area (Å²) in [6.07, 6.45) is -0.436. The fourth-order valence-electron chi connectivity index (χ4n) is 0.948. The van der Waals surface area contributed by atoms with E-state index in [1.54, 1.807) is 6.92 Å². The monoisotopic (exact) mass is 189 g/mol. The number of aliphatic carboxylic acids is 1. The summed E-state index contributed by atoms with van der Waals surface area (Å²) >= 11 is 0. The maximum absolute atomic E-state index is 10.7. The number of methoxy groups -OCH3 is 1. The van der Waals surface area contributed by atoms with E-state index >= 15 is 0 Å². The van der Waals surface area contributed by atoms with Crippen LogP contribution in [0.4, 0.5) is 0 Å². The largest absolute Gasteiger partial charge is 0.481 e. The summed E-state index contributed by atoms with van der Waals surface area (Å²) in [5.41, 5.74) is 0. The first-order chi connectivity index (χ1) is 5.97. The molecule has 0 saturated heterocycles. The first kappa shape index (κ1) is 11.9. The van der Waals surface area contributed by atoms with Crippen molar-refractivity contribution in [3.63, 3.8) is 0 Å². The van der Waals surface area contributed by atoms with Gasteiger partial charge in [-0.05, 0) is 6.92 Å². The Hall–Kier alpha value is -1.10. The minimum atomic E-state index is -0.956. The molecule has 5 heteroatoms. The molecule has 0 saturated carbocycles. The summed E-state index contributed by atoms with van der Waals surface area (Å²) in [6.45, 7) is 3.06. The number of carboxylic acid groups (broad SMARTS) is 1. The fourth-order valence-corrected chi connectivity index (χ4v) is 0.948. The average Bonchev–Trinajstić information content (AvgIpc) is 2.00. The minimum absolute atomic E-state index is 0.130. The normalized spacial score (nSPS) is 14.7. The van der Waals surface area contributed by atoms with Crippen molar-refractivity contribution in [3.8, 4) is 0 Å². The van der Waals surface area contributed by atoms with Gasteiger partial charge in [0.05, 0.1) is 18.6 Å². The van der Waals surface area contributed by atoms with Gasteiger partial charge in [0.1, 0.15) is 0 Å². The zero-order valence-corrected chi connectivity index (χ0v) is 8.03. The van der Waals surface area contributed by atoms with Crippen molar-refractivity contribution in [2.75, 3.05) is 7.11 Å². The van der Waals surface area contributed by atoms with Crippen molar-refractivity contribution in [3.05, 3.63) is 0 Å². The van der Waals surface area contributed by atoms with Crippen molar-refractivity contribution < 1.29 is 19.4 Å². The van der Waals surface area contributed by atoms with E-state index in [0.29, 0.717) is 0 Å². The second kappa shape index (κ2) is 5.53. The molecule has 2 atom stereocenters. The summed E-state index contributed by atoms with van der Waals surface area (Å²) in [7, 11) is 1.47. The number of carbonyl (C=O) groups is 2. The Balaban J connectivity index is 4.17. The smallest absolute Gasteiger partial charge is 0.305 e. The number of ether oxygens (including phenoxy) is 1. The van der Waals surface area contributed by atoms with Crippen LogP contribution in [0.25, 0.3) is 0 Å². The van der Waals surface area contributed by atoms with Crippen LogP contribution in [0.15, 0.2) is 0 Å². The third kappa shape index (κ3) is 5.19. The van der Waals surface area contributed by atoms with Gasteiger partial charge in [-0.2, -0.15) is 0 Å². The standard InChI is InChI=1S/C8H15NO4/c1-5(13-3)7(4-8(11)12)9-6(2)10/h5,7H,4H2,1-3H3,(H,9,10)(H,11,12)/t5-,7-/m1/s1. The Morgan fingerprint density at radius 1 is 1.54 bits per heavy atom. The molecule has 0 rings (SSSR count). The highest BCUT2D eigenvalue weighted by Crippen LogP contribution is 2.02. The Bertz CT molecular complexity index is 177. The van der Waals surface area contributed by atoms with Gasteiger partial charge in [-0.25, -0.2) is 0 Å². The van der Waals surface area contributed by atoms with E-state index in [9.17, 15) is 9.59 Å². The first-order valence-electron chi connectivity index (χ1n) is 3.99. The number of carbonyl (C=O) groups excluding carboxylic acids is 1. The first-order valence-corrected chi connectivity index (χ1v) is 3.99. The van der Waals surface area contributed by atoms with Gasteiger partial charge < -0.3 is 15.2 Å². The van der Waals surface area contributed by atoms with Crippen molar-refractivity contribution in [1.82, 2.24) is 5.32 Å². The quantitative estimate of drug-likeness (QED) is 0.638. The van der Waals surface area contributed by atoms with Crippen LogP contribution in [0.2, 0.25) is 0 Å². The van der Waals surface area contributed by atoms with Gasteiger partial charge in [0.25, 0.3) is 0 Å². The molecule has 13 heavy (non-hydrogen) atoms. The molecular weight excluding hydrogens is 174 g/mol. The molecule has 0 aliphatic carbocycles. The molecule has 0 aliphatic heterocycles. The lowest BCUT2D eigenvalue weighted by molar-refractivity contribution is -0.138. The molecular formula is C8H15NO4. The van der Waals surface area contributed by atoms with E-state index in [1.165, 1.54) is 14.0 Å². The summed E-state index contributed by atoms with van der Waals surface area (Å²) < 4.78 is 4.94.